The van der Waals surface area contributed by atoms with E-state index in [0.717, 1.165) is 6.26 Å². The summed E-state index contributed by atoms with van der Waals surface area (Å²) in [5.41, 5.74) is 0.800. The van der Waals surface area contributed by atoms with Crippen LogP contribution in [0.5, 0.6) is 11.5 Å². The van der Waals surface area contributed by atoms with Crippen LogP contribution in [0.25, 0.3) is 0 Å². The summed E-state index contributed by atoms with van der Waals surface area (Å²) in [7, 11) is -3.15. The molecule has 0 saturated carbocycles. The minimum atomic E-state index is -3.15. The minimum absolute atomic E-state index is 0.109. The topological polar surface area (TPSA) is 108 Å². The average Bonchev–Trinajstić information content (AvgIpc) is 2.69. The molecule has 0 radical (unpaired) electrons. The molecule has 1 N–H and O–H groups in total. The number of ether oxygens (including phenoxy) is 3. The first-order chi connectivity index (χ1) is 13.8. The lowest BCUT2D eigenvalue weighted by atomic mass is 10.1. The Morgan fingerprint density at radius 1 is 1.10 bits per heavy atom. The molecule has 1 aliphatic rings. The van der Waals surface area contributed by atoms with Gasteiger partial charge >= 0.3 is 5.97 Å². The van der Waals surface area contributed by atoms with Crippen LogP contribution in [-0.4, -0.2) is 52.4 Å². The highest BCUT2D eigenvalue weighted by Gasteiger charge is 2.21. The van der Waals surface area contributed by atoms with Crippen molar-refractivity contribution in [1.29, 1.82) is 0 Å². The van der Waals surface area contributed by atoms with E-state index in [1.807, 2.05) is 12.1 Å². The quantitative estimate of drug-likeness (QED) is 0.675. The molecular weight excluding hydrogens is 398 g/mol. The van der Waals surface area contributed by atoms with Gasteiger partial charge in [0.15, 0.2) is 27.9 Å². The molecular formula is C20H21NO7S. The number of hydrogen-bond donors (Lipinski definition) is 1. The van der Waals surface area contributed by atoms with E-state index in [0.29, 0.717) is 23.7 Å². The van der Waals surface area contributed by atoms with Crippen LogP contribution < -0.4 is 14.8 Å². The van der Waals surface area contributed by atoms with E-state index in [-0.39, 0.29) is 24.0 Å². The van der Waals surface area contributed by atoms with Crippen LogP contribution in [0, 0.1) is 0 Å². The molecule has 29 heavy (non-hydrogen) atoms. The van der Waals surface area contributed by atoms with Crippen molar-refractivity contribution >= 4 is 21.7 Å². The molecule has 2 aromatic rings. The molecule has 0 bridgehead atoms. The maximum absolute atomic E-state index is 12.0. The van der Waals surface area contributed by atoms with Crippen molar-refractivity contribution in [3.63, 3.8) is 0 Å². The molecule has 8 nitrogen and oxygen atoms in total. The molecule has 1 amide bonds. The smallest absolute Gasteiger partial charge is 0.338 e. The minimum Gasteiger partial charge on any atom is -0.486 e. The highest BCUT2D eigenvalue weighted by molar-refractivity contribution is 7.89. The second-order valence-corrected chi connectivity index (χ2v) is 8.79. The van der Waals surface area contributed by atoms with Crippen LogP contribution >= 0.6 is 0 Å². The number of fused-ring (bicyclic) bond motifs is 1. The molecule has 0 aliphatic carbocycles. The van der Waals surface area contributed by atoms with Crippen molar-refractivity contribution in [2.45, 2.75) is 11.9 Å². The molecule has 0 unspecified atom stereocenters. The fourth-order valence-electron chi connectivity index (χ4n) is 2.70. The number of carbonyl (C=O) groups is 2. The van der Waals surface area contributed by atoms with Gasteiger partial charge in [-0.05, 0) is 29.8 Å². The summed E-state index contributed by atoms with van der Waals surface area (Å²) in [6.45, 7) is 0.0793. The van der Waals surface area contributed by atoms with E-state index in [2.05, 4.69) is 5.32 Å². The Bertz CT molecular complexity index is 986. The number of esters is 1. The van der Waals surface area contributed by atoms with Gasteiger partial charge in [0.2, 0.25) is 0 Å². The Morgan fingerprint density at radius 2 is 1.79 bits per heavy atom. The number of amides is 1. The van der Waals surface area contributed by atoms with Crippen molar-refractivity contribution in [3.8, 4) is 11.5 Å². The first kappa shape index (κ1) is 20.7. The lowest BCUT2D eigenvalue weighted by Gasteiger charge is -2.26. The summed E-state index contributed by atoms with van der Waals surface area (Å²) in [6, 6.07) is 13.3. The van der Waals surface area contributed by atoms with Gasteiger partial charge in [-0.1, -0.05) is 24.3 Å². The fourth-order valence-corrected chi connectivity index (χ4v) is 3.49. The second-order valence-electron chi connectivity index (χ2n) is 6.64. The predicted molar refractivity (Wildman–Crippen MR) is 105 cm³/mol. The van der Waals surface area contributed by atoms with Crippen LogP contribution in [0.15, 0.2) is 48.5 Å². The fraction of sp³-hybridized carbons (Fsp3) is 0.300. The molecule has 0 aromatic heterocycles. The zero-order chi connectivity index (χ0) is 20.9. The van der Waals surface area contributed by atoms with E-state index in [1.54, 1.807) is 12.1 Å². The van der Waals surface area contributed by atoms with Crippen molar-refractivity contribution in [2.75, 3.05) is 26.0 Å². The van der Waals surface area contributed by atoms with Gasteiger partial charge in [-0.15, -0.1) is 0 Å². The number of hydrogen-bond acceptors (Lipinski definition) is 7. The zero-order valence-corrected chi connectivity index (χ0v) is 16.6. The lowest BCUT2D eigenvalue weighted by molar-refractivity contribution is -0.124. The highest BCUT2D eigenvalue weighted by Crippen LogP contribution is 2.30. The number of para-hydroxylation sites is 2. The van der Waals surface area contributed by atoms with E-state index in [9.17, 15) is 18.0 Å². The summed E-state index contributed by atoms with van der Waals surface area (Å²) in [5, 5.41) is 2.64. The SMILES string of the molecule is CS(=O)(=O)Cc1ccc(C(=O)OCC(=O)NC[C@@H]2COc3ccccc3O2)cc1. The van der Waals surface area contributed by atoms with Crippen LogP contribution in [-0.2, 0) is 25.1 Å². The maximum atomic E-state index is 12.0. The van der Waals surface area contributed by atoms with Crippen molar-refractivity contribution in [2.24, 2.45) is 0 Å². The monoisotopic (exact) mass is 419 g/mol. The molecule has 154 valence electrons. The number of carbonyl (C=O) groups excluding carboxylic acids is 2. The third-order valence-corrected chi connectivity index (χ3v) is 4.90. The van der Waals surface area contributed by atoms with Gasteiger partial charge in [0.25, 0.3) is 5.91 Å². The molecule has 9 heteroatoms. The van der Waals surface area contributed by atoms with Crippen LogP contribution in [0.4, 0.5) is 0 Å². The third-order valence-electron chi connectivity index (χ3n) is 4.05. The van der Waals surface area contributed by atoms with Crippen LogP contribution in [0.3, 0.4) is 0 Å². The van der Waals surface area contributed by atoms with Crippen molar-refractivity contribution in [1.82, 2.24) is 5.32 Å². The molecule has 3 rings (SSSR count). The van der Waals surface area contributed by atoms with Crippen LogP contribution in [0.2, 0.25) is 0 Å². The van der Waals surface area contributed by atoms with Gasteiger partial charge in [0.05, 0.1) is 17.9 Å². The molecule has 1 aliphatic heterocycles. The van der Waals surface area contributed by atoms with Gasteiger partial charge in [-0.3, -0.25) is 4.79 Å². The van der Waals surface area contributed by atoms with E-state index >= 15 is 0 Å². The predicted octanol–water partition coefficient (Wildman–Crippen LogP) is 1.34. The normalized spacial score (nSPS) is 15.4. The van der Waals surface area contributed by atoms with Crippen LogP contribution in [0.1, 0.15) is 15.9 Å². The molecule has 1 atom stereocenters. The Balaban J connectivity index is 1.42. The van der Waals surface area contributed by atoms with Gasteiger partial charge in [-0.25, -0.2) is 13.2 Å². The van der Waals surface area contributed by atoms with E-state index in [4.69, 9.17) is 14.2 Å². The Labute approximate surface area is 168 Å². The van der Waals surface area contributed by atoms with Gasteiger partial charge in [-0.2, -0.15) is 0 Å². The van der Waals surface area contributed by atoms with Gasteiger partial charge < -0.3 is 19.5 Å². The first-order valence-electron chi connectivity index (χ1n) is 8.89. The molecule has 0 saturated heterocycles. The van der Waals surface area contributed by atoms with Gasteiger partial charge in [0.1, 0.15) is 12.7 Å². The highest BCUT2D eigenvalue weighted by atomic mass is 32.2. The van der Waals surface area contributed by atoms with Crippen molar-refractivity contribution in [3.05, 3.63) is 59.7 Å². The Kier molecular flexibility index (Phi) is 6.38. The second kappa shape index (κ2) is 8.95. The third kappa shape index (κ3) is 6.21. The number of nitrogens with one attached hydrogen (secondary N) is 1. The largest absolute Gasteiger partial charge is 0.486 e. The molecule has 2 aromatic carbocycles. The van der Waals surface area contributed by atoms with Crippen molar-refractivity contribution < 1.29 is 32.2 Å². The average molecular weight is 419 g/mol. The lowest BCUT2D eigenvalue weighted by Crippen LogP contribution is -2.42. The number of sulfone groups is 1. The summed E-state index contributed by atoms with van der Waals surface area (Å²) in [4.78, 5) is 24.0. The summed E-state index contributed by atoms with van der Waals surface area (Å²) >= 11 is 0. The Hall–Kier alpha value is -3.07. The Morgan fingerprint density at radius 3 is 2.48 bits per heavy atom. The summed E-state index contributed by atoms with van der Waals surface area (Å²) in [6.07, 6.45) is 0.795. The van der Waals surface area contributed by atoms with E-state index in [1.165, 1.54) is 24.3 Å². The summed E-state index contributed by atoms with van der Waals surface area (Å²) in [5.74, 6) is 0.0318. The molecule has 0 fully saturated rings. The molecule has 1 heterocycles. The van der Waals surface area contributed by atoms with Gasteiger partial charge in [0, 0.05) is 6.26 Å². The summed E-state index contributed by atoms with van der Waals surface area (Å²) < 4.78 is 38.8. The number of benzene rings is 2. The zero-order valence-electron chi connectivity index (χ0n) is 15.8. The number of rotatable bonds is 7. The maximum Gasteiger partial charge on any atom is 0.338 e. The standard InChI is InChI=1S/C20H21NO7S/c1-29(24,25)13-14-6-8-15(9-7-14)20(23)27-12-19(22)21-10-16-11-26-17-4-2-3-5-18(17)28-16/h2-9,16H,10-13H2,1H3,(H,21,22)/t16-/m1/s1. The molecule has 0 spiro atoms. The first-order valence-corrected chi connectivity index (χ1v) is 11.0. The van der Waals surface area contributed by atoms with E-state index < -0.39 is 28.3 Å².